The van der Waals surface area contributed by atoms with Crippen molar-refractivity contribution in [2.24, 2.45) is 17.0 Å². The van der Waals surface area contributed by atoms with E-state index < -0.39 is 23.7 Å². The van der Waals surface area contributed by atoms with E-state index >= 15 is 0 Å². The molecule has 3 aliphatic rings. The highest BCUT2D eigenvalue weighted by molar-refractivity contribution is 6.09. The van der Waals surface area contributed by atoms with Crippen molar-refractivity contribution in [3.05, 3.63) is 41.0 Å². The zero-order valence-corrected chi connectivity index (χ0v) is 19.1. The molecule has 0 aromatic heterocycles. The summed E-state index contributed by atoms with van der Waals surface area (Å²) < 4.78 is 33.2. The van der Waals surface area contributed by atoms with Crippen molar-refractivity contribution in [2.75, 3.05) is 34.7 Å². The van der Waals surface area contributed by atoms with E-state index in [1.54, 1.807) is 6.07 Å². The monoisotopic (exact) mass is 469 g/mol. The van der Waals surface area contributed by atoms with Gasteiger partial charge in [-0.3, -0.25) is 4.79 Å². The molecule has 3 atom stereocenters. The molecule has 2 aliphatic heterocycles. The summed E-state index contributed by atoms with van der Waals surface area (Å²) in [6.45, 7) is 1.46. The van der Waals surface area contributed by atoms with Gasteiger partial charge in [0, 0.05) is 18.4 Å². The third kappa shape index (κ3) is 3.37. The number of ether oxygens (including phenoxy) is 6. The molecule has 0 saturated carbocycles. The predicted molar refractivity (Wildman–Crippen MR) is 117 cm³/mol. The van der Waals surface area contributed by atoms with Gasteiger partial charge in [-0.1, -0.05) is 5.16 Å². The predicted octanol–water partition coefficient (Wildman–Crippen LogP) is 2.64. The Bertz CT molecular complexity index is 1180. The molecule has 178 valence electrons. The van der Waals surface area contributed by atoms with Crippen LogP contribution in [0, 0.1) is 11.8 Å². The summed E-state index contributed by atoms with van der Waals surface area (Å²) in [4.78, 5) is 29.5. The number of fused-ring (bicyclic) bond motifs is 3. The largest absolute Gasteiger partial charge is 0.493 e. The maximum Gasteiger partial charge on any atom is 0.331 e. The lowest BCUT2D eigenvalue weighted by molar-refractivity contribution is -0.142. The van der Waals surface area contributed by atoms with Crippen molar-refractivity contribution < 1.29 is 42.8 Å². The fourth-order valence-corrected chi connectivity index (χ4v) is 4.88. The Labute approximate surface area is 195 Å². The van der Waals surface area contributed by atoms with Gasteiger partial charge < -0.3 is 33.3 Å². The van der Waals surface area contributed by atoms with Crippen LogP contribution < -0.4 is 23.7 Å². The van der Waals surface area contributed by atoms with Crippen LogP contribution in [-0.4, -0.2) is 52.4 Å². The molecule has 10 heteroatoms. The van der Waals surface area contributed by atoms with E-state index in [0.717, 1.165) is 11.1 Å². The van der Waals surface area contributed by atoms with Gasteiger partial charge in [-0.05, 0) is 35.4 Å². The molecule has 1 fully saturated rings. The van der Waals surface area contributed by atoms with Crippen molar-refractivity contribution in [1.29, 1.82) is 0 Å². The van der Waals surface area contributed by atoms with E-state index in [2.05, 4.69) is 5.16 Å². The van der Waals surface area contributed by atoms with Crippen LogP contribution in [0.4, 0.5) is 0 Å². The molecule has 0 amide bonds. The molecule has 0 unspecified atom stereocenters. The molecular formula is C24H23NO9. The Kier molecular flexibility index (Phi) is 5.43. The topological polar surface area (TPSA) is 111 Å². The Morgan fingerprint density at radius 2 is 1.65 bits per heavy atom. The van der Waals surface area contributed by atoms with Gasteiger partial charge in [-0.2, -0.15) is 0 Å². The van der Waals surface area contributed by atoms with Gasteiger partial charge in [0.1, 0.15) is 6.61 Å². The average Bonchev–Trinajstić information content (AvgIpc) is 3.45. The first-order valence-corrected chi connectivity index (χ1v) is 10.6. The molecule has 2 aromatic rings. The fourth-order valence-electron chi connectivity index (χ4n) is 4.88. The van der Waals surface area contributed by atoms with Gasteiger partial charge in [0.15, 0.2) is 23.0 Å². The minimum Gasteiger partial charge on any atom is -0.493 e. The summed E-state index contributed by atoms with van der Waals surface area (Å²) in [5, 5.41) is 4.12. The molecule has 2 heterocycles. The minimum absolute atomic E-state index is 0.0817. The van der Waals surface area contributed by atoms with Crippen LogP contribution in [0.2, 0.25) is 0 Å². The maximum absolute atomic E-state index is 13.0. The number of esters is 1. The number of methoxy groups -OCH3 is 3. The molecule has 10 nitrogen and oxygen atoms in total. The van der Waals surface area contributed by atoms with Gasteiger partial charge in [0.2, 0.25) is 12.5 Å². The molecule has 5 rings (SSSR count). The van der Waals surface area contributed by atoms with Gasteiger partial charge in [0.25, 0.3) is 0 Å². The number of rotatable bonds is 5. The SMILES string of the molecule is COc1cc([C@@H]2c3cc4c(cc3/C(=N/OC(C)=O)[C@H]3COC(=O)[C@H]23)OCO4)cc(OC)c1OC. The average molecular weight is 469 g/mol. The lowest BCUT2D eigenvalue weighted by Gasteiger charge is -2.34. The van der Waals surface area contributed by atoms with Gasteiger partial charge in [-0.15, -0.1) is 0 Å². The Morgan fingerprint density at radius 3 is 2.26 bits per heavy atom. The van der Waals surface area contributed by atoms with Crippen LogP contribution >= 0.6 is 0 Å². The van der Waals surface area contributed by atoms with Crippen molar-refractivity contribution in [2.45, 2.75) is 12.8 Å². The van der Waals surface area contributed by atoms with Crippen LogP contribution in [0.1, 0.15) is 29.5 Å². The molecule has 0 N–H and O–H groups in total. The normalized spacial score (nSPS) is 23.1. The van der Waals surface area contributed by atoms with E-state index in [1.807, 2.05) is 18.2 Å². The smallest absolute Gasteiger partial charge is 0.331 e. The van der Waals surface area contributed by atoms with Crippen LogP contribution in [0.5, 0.6) is 28.7 Å². The van der Waals surface area contributed by atoms with Crippen LogP contribution in [0.15, 0.2) is 29.4 Å². The number of carbonyl (C=O) groups is 2. The molecule has 0 radical (unpaired) electrons. The van der Waals surface area contributed by atoms with Crippen molar-refractivity contribution in [3.63, 3.8) is 0 Å². The minimum atomic E-state index is -0.620. The van der Waals surface area contributed by atoms with E-state index in [-0.39, 0.29) is 19.4 Å². The standard InChI is InChI=1S/C24H23NO9/c1-11(26)34-25-22-14-8-17-16(32-10-33-17)7-13(14)20(21-15(22)9-31-24(21)27)12-5-18(28-2)23(30-4)19(6-12)29-3/h5-8,15,20-21H,9-10H2,1-4H3/b25-22-/t15-,20+,21-/m0/s1. The van der Waals surface area contributed by atoms with Gasteiger partial charge in [-0.25, -0.2) is 4.79 Å². The number of cyclic esters (lactones) is 1. The molecule has 34 heavy (non-hydrogen) atoms. The second-order valence-electron chi connectivity index (χ2n) is 8.05. The van der Waals surface area contributed by atoms with Crippen molar-refractivity contribution >= 4 is 17.7 Å². The molecule has 2 aromatic carbocycles. The third-order valence-corrected chi connectivity index (χ3v) is 6.30. The Morgan fingerprint density at radius 1 is 0.971 bits per heavy atom. The van der Waals surface area contributed by atoms with E-state index in [0.29, 0.717) is 40.0 Å². The second kappa shape index (κ2) is 8.44. The van der Waals surface area contributed by atoms with Gasteiger partial charge in [0.05, 0.1) is 38.9 Å². The van der Waals surface area contributed by atoms with Crippen LogP contribution in [0.25, 0.3) is 0 Å². The van der Waals surface area contributed by atoms with Gasteiger partial charge >= 0.3 is 11.9 Å². The molecule has 0 bridgehead atoms. The quantitative estimate of drug-likeness (QED) is 0.371. The summed E-state index contributed by atoms with van der Waals surface area (Å²) in [6.07, 6.45) is 0. The third-order valence-electron chi connectivity index (χ3n) is 6.30. The zero-order valence-electron chi connectivity index (χ0n) is 19.1. The number of hydrogen-bond donors (Lipinski definition) is 0. The van der Waals surface area contributed by atoms with Crippen LogP contribution in [-0.2, 0) is 19.2 Å². The second-order valence-corrected chi connectivity index (χ2v) is 8.05. The zero-order chi connectivity index (χ0) is 24.0. The number of carbonyl (C=O) groups excluding carboxylic acids is 2. The van der Waals surface area contributed by atoms with Crippen molar-refractivity contribution in [1.82, 2.24) is 0 Å². The first-order chi connectivity index (χ1) is 16.5. The van der Waals surface area contributed by atoms with E-state index in [9.17, 15) is 9.59 Å². The maximum atomic E-state index is 13.0. The number of nitrogens with zero attached hydrogens (tertiary/aromatic N) is 1. The summed E-state index contributed by atoms with van der Waals surface area (Å²) in [6, 6.07) is 7.26. The van der Waals surface area contributed by atoms with Crippen molar-refractivity contribution in [3.8, 4) is 28.7 Å². The summed E-state index contributed by atoms with van der Waals surface area (Å²) in [5.74, 6) is 0.00432. The molecule has 0 spiro atoms. The summed E-state index contributed by atoms with van der Waals surface area (Å²) >= 11 is 0. The lowest BCUT2D eigenvalue weighted by atomic mass is 9.66. The summed E-state index contributed by atoms with van der Waals surface area (Å²) in [7, 11) is 4.59. The van der Waals surface area contributed by atoms with E-state index in [4.69, 9.17) is 33.3 Å². The lowest BCUT2D eigenvalue weighted by Crippen LogP contribution is -2.36. The van der Waals surface area contributed by atoms with Crippen LogP contribution in [0.3, 0.4) is 0 Å². The number of hydrogen-bond acceptors (Lipinski definition) is 10. The molecule has 1 aliphatic carbocycles. The molecular weight excluding hydrogens is 446 g/mol. The first-order valence-electron chi connectivity index (χ1n) is 10.6. The number of benzene rings is 2. The highest BCUT2D eigenvalue weighted by Gasteiger charge is 2.52. The molecule has 1 saturated heterocycles. The Balaban J connectivity index is 1.76. The highest BCUT2D eigenvalue weighted by Crippen LogP contribution is 2.52. The highest BCUT2D eigenvalue weighted by atomic mass is 16.7. The first kappa shape index (κ1) is 21.9. The number of oxime groups is 1. The Hall–Kier alpha value is -3.95. The summed E-state index contributed by atoms with van der Waals surface area (Å²) in [5.41, 5.74) is 2.64. The fraction of sp³-hybridized carbons (Fsp3) is 0.375. The van der Waals surface area contributed by atoms with E-state index in [1.165, 1.54) is 28.3 Å².